The monoisotopic (exact) mass is 770 g/mol. The predicted molar refractivity (Wildman–Crippen MR) is 244 cm³/mol. The molecule has 0 fully saturated rings. The van der Waals surface area contributed by atoms with Crippen molar-refractivity contribution in [2.45, 2.75) is 140 Å². The molecule has 0 bridgehead atoms. The lowest BCUT2D eigenvalue weighted by molar-refractivity contribution is -0.140. The van der Waals surface area contributed by atoms with Crippen molar-refractivity contribution in [2.24, 2.45) is 5.92 Å². The number of unbranched alkanes of at least 4 members (excludes halogenated alkanes) is 1. The second-order valence-corrected chi connectivity index (χ2v) is 19.4. The molecule has 17 rings (SSSR count). The molecule has 0 saturated heterocycles. The smallest absolute Gasteiger partial charge is 0.305 e. The fraction of sp³-hybridized carbons (Fsp3) is 0.421. The number of carbonyl (C=O) groups is 1. The zero-order valence-electron chi connectivity index (χ0n) is 35.9. The third-order valence-corrected chi connectivity index (χ3v) is 18.1. The van der Waals surface area contributed by atoms with Gasteiger partial charge in [-0.3, -0.25) is 4.79 Å². The zero-order valence-corrected chi connectivity index (χ0v) is 35.9. The highest BCUT2D eigenvalue weighted by atomic mass is 16.5. The Hall–Kier alpha value is -4.69. The van der Waals surface area contributed by atoms with E-state index in [2.05, 4.69) is 48.6 Å². The molecular weight excluding hydrogens is 717 g/mol. The van der Waals surface area contributed by atoms with E-state index in [-0.39, 0.29) is 16.8 Å². The molecule has 7 atom stereocenters. The molecule has 11 aliphatic rings. The average molecular weight is 771 g/mol. The van der Waals surface area contributed by atoms with Crippen molar-refractivity contribution in [3.8, 4) is 11.1 Å². The summed E-state index contributed by atoms with van der Waals surface area (Å²) in [7, 11) is 1.55. The van der Waals surface area contributed by atoms with E-state index >= 15 is 0 Å². The van der Waals surface area contributed by atoms with E-state index in [9.17, 15) is 4.79 Å². The fourth-order valence-electron chi connectivity index (χ4n) is 17.3. The van der Waals surface area contributed by atoms with Gasteiger partial charge in [0.05, 0.1) is 7.11 Å². The van der Waals surface area contributed by atoms with E-state index in [1.165, 1.54) is 38.5 Å². The normalized spacial score (nSPS) is 29.0. The molecule has 2 nitrogen and oxygen atoms in total. The number of ether oxygens (including phenoxy) is 1. The van der Waals surface area contributed by atoms with E-state index in [1.54, 1.807) is 139 Å². The molecule has 0 saturated carbocycles. The first kappa shape index (κ1) is 34.1. The summed E-state index contributed by atoms with van der Waals surface area (Å²) >= 11 is 0. The van der Waals surface area contributed by atoms with E-state index in [0.29, 0.717) is 36.0 Å². The summed E-state index contributed by atoms with van der Waals surface area (Å²) in [4.78, 5) is 12.6. The van der Waals surface area contributed by atoms with Crippen molar-refractivity contribution in [3.05, 3.63) is 115 Å². The summed E-state index contributed by atoms with van der Waals surface area (Å²) in [6.07, 6.45) is 16.5. The van der Waals surface area contributed by atoms with E-state index in [1.807, 2.05) is 41.5 Å². The Morgan fingerprint density at radius 3 is 1.98 bits per heavy atom. The Labute approximate surface area is 348 Å². The van der Waals surface area contributed by atoms with Crippen LogP contribution in [0.2, 0.25) is 0 Å². The van der Waals surface area contributed by atoms with Gasteiger partial charge in [-0.15, -0.1) is 0 Å². The second-order valence-electron chi connectivity index (χ2n) is 19.4. The van der Waals surface area contributed by atoms with Crippen LogP contribution in [-0.2, 0) is 33.2 Å². The maximum absolute atomic E-state index is 12.6. The van der Waals surface area contributed by atoms with Crippen LogP contribution < -0.4 is 0 Å². The van der Waals surface area contributed by atoms with Crippen molar-refractivity contribution in [1.82, 2.24) is 0 Å². The topological polar surface area (TPSA) is 26.3 Å². The Morgan fingerprint density at radius 1 is 0.610 bits per heavy atom. The number of hydrogen-bond acceptors (Lipinski definition) is 2. The Kier molecular flexibility index (Phi) is 6.23. The van der Waals surface area contributed by atoms with Gasteiger partial charge in [-0.25, -0.2) is 0 Å². The molecule has 11 aliphatic carbocycles. The number of hydrogen-bond donors (Lipinski definition) is 0. The molecule has 0 amide bonds. The first-order valence-electron chi connectivity index (χ1n) is 23.9. The molecule has 294 valence electrons. The van der Waals surface area contributed by atoms with Crippen LogP contribution >= 0.6 is 0 Å². The maximum atomic E-state index is 12.6. The zero-order chi connectivity index (χ0) is 39.8. The molecule has 59 heavy (non-hydrogen) atoms. The molecule has 2 heteroatoms. The molecule has 0 aliphatic heterocycles. The van der Waals surface area contributed by atoms with Gasteiger partial charge >= 0.3 is 5.97 Å². The number of esters is 1. The molecule has 0 spiro atoms. The van der Waals surface area contributed by atoms with Crippen LogP contribution in [-0.4, -0.2) is 13.1 Å². The van der Waals surface area contributed by atoms with Gasteiger partial charge in [0, 0.05) is 29.1 Å². The lowest BCUT2D eigenvalue weighted by atomic mass is 9.42. The largest absolute Gasteiger partial charge is 0.469 e. The number of rotatable bonds is 6. The van der Waals surface area contributed by atoms with Gasteiger partial charge in [-0.2, -0.15) is 0 Å². The van der Waals surface area contributed by atoms with Gasteiger partial charge in [-0.05, 0) is 201 Å². The molecule has 0 aromatic heterocycles. The minimum atomic E-state index is -0.0894. The first-order valence-corrected chi connectivity index (χ1v) is 23.9. The van der Waals surface area contributed by atoms with Crippen LogP contribution in [0.1, 0.15) is 183 Å². The standard InChI is InChI=1S/C51H36O2.3C2H6/c1-53-29(52)9-5-6-10-51-48-36-26-16-24-14-22-12-20-11-21-13-23-15-25-17-27(19-50(51,18-26)28-7-3-2-4-8-28)37-33(25)41-35(23)39-31(21)30(20)38-34(22)40(32(24)36)44-42(38)43(39)45(41)47(46(44)48)49(37)51;3*1-2/h2-4,7-8,12,14-15,21-22,26-27,34H,5-6,9-11,13,16-19H2,1H3;3*1-2H3. The van der Waals surface area contributed by atoms with Crippen molar-refractivity contribution in [3.63, 3.8) is 0 Å². The van der Waals surface area contributed by atoms with Gasteiger partial charge in [0.2, 0.25) is 0 Å². The van der Waals surface area contributed by atoms with Crippen molar-refractivity contribution < 1.29 is 9.53 Å². The van der Waals surface area contributed by atoms with Gasteiger partial charge in [0.1, 0.15) is 0 Å². The number of carbonyl (C=O) groups excluding carboxylic acids is 1. The number of benzene rings is 6. The Bertz CT molecular complexity index is 3150. The summed E-state index contributed by atoms with van der Waals surface area (Å²) in [5.41, 5.74) is 27.4. The van der Waals surface area contributed by atoms with Crippen molar-refractivity contribution in [2.75, 3.05) is 7.11 Å². The third kappa shape index (κ3) is 3.17. The van der Waals surface area contributed by atoms with Crippen LogP contribution in [0.25, 0.3) is 65.4 Å². The van der Waals surface area contributed by atoms with E-state index in [4.69, 9.17) is 4.74 Å². The van der Waals surface area contributed by atoms with Crippen LogP contribution in [0.15, 0.2) is 48.6 Å². The quantitative estimate of drug-likeness (QED) is 0.0956. The molecule has 0 N–H and O–H groups in total. The minimum absolute atomic E-state index is 0.0181. The van der Waals surface area contributed by atoms with Gasteiger partial charge in [0.15, 0.2) is 0 Å². The third-order valence-electron chi connectivity index (χ3n) is 18.1. The lowest BCUT2D eigenvalue weighted by Gasteiger charge is -2.60. The lowest BCUT2D eigenvalue weighted by Crippen LogP contribution is -2.56. The van der Waals surface area contributed by atoms with Crippen molar-refractivity contribution >= 4 is 60.2 Å². The number of allylic oxidation sites excluding steroid dienone is 4. The van der Waals surface area contributed by atoms with E-state index < -0.39 is 0 Å². The highest BCUT2D eigenvalue weighted by Crippen LogP contribution is 2.80. The molecular formula is C57H54O2. The van der Waals surface area contributed by atoms with Crippen LogP contribution in [0.5, 0.6) is 0 Å². The number of methoxy groups -OCH3 is 1. The molecule has 6 aromatic carbocycles. The van der Waals surface area contributed by atoms with Gasteiger partial charge in [-0.1, -0.05) is 96.5 Å². The summed E-state index contributed by atoms with van der Waals surface area (Å²) in [6.45, 7) is 12.0. The highest BCUT2D eigenvalue weighted by molar-refractivity contribution is 6.46. The first-order chi connectivity index (χ1) is 29.1. The Morgan fingerprint density at radius 2 is 1.24 bits per heavy atom. The highest BCUT2D eigenvalue weighted by Gasteiger charge is 2.68. The Balaban J connectivity index is 0.000000555. The minimum Gasteiger partial charge on any atom is -0.469 e. The average Bonchev–Trinajstić information content (AvgIpc) is 4.12. The molecule has 7 unspecified atom stereocenters. The van der Waals surface area contributed by atoms with E-state index in [0.717, 1.165) is 19.3 Å². The van der Waals surface area contributed by atoms with Crippen molar-refractivity contribution in [1.29, 1.82) is 0 Å². The summed E-state index contributed by atoms with van der Waals surface area (Å²) in [5, 5.41) is 13.6. The summed E-state index contributed by atoms with van der Waals surface area (Å²) < 4.78 is 5.20. The van der Waals surface area contributed by atoms with Crippen LogP contribution in [0, 0.1) is 5.92 Å². The van der Waals surface area contributed by atoms with Gasteiger partial charge in [0.25, 0.3) is 0 Å². The maximum Gasteiger partial charge on any atom is 0.305 e. The molecule has 0 radical (unpaired) electrons. The fourth-order valence-corrected chi connectivity index (χ4v) is 17.3. The SMILES string of the molecule is CC.CC.CC.COC(=O)CCCCC12c3c4c5c6c7c8c9c%10c%11c%12c8c8c%13c-%12c%12cc%14c%13c(c1c8c37)C(C%14)CC2(c1ccccc1)CC4CC5=CC(C=C%10CC%11C%12)C69. The second kappa shape index (κ2) is 10.8. The predicted octanol–water partition coefficient (Wildman–Crippen LogP) is 14.5. The molecule has 0 heterocycles. The van der Waals surface area contributed by atoms with Crippen LogP contribution in [0.4, 0.5) is 0 Å². The van der Waals surface area contributed by atoms with Crippen LogP contribution in [0.3, 0.4) is 0 Å². The summed E-state index contributed by atoms with van der Waals surface area (Å²) in [6, 6.07) is 14.7. The summed E-state index contributed by atoms with van der Waals surface area (Å²) in [5.74, 6) is 2.69. The van der Waals surface area contributed by atoms with Gasteiger partial charge < -0.3 is 4.74 Å². The molecule has 6 aromatic rings.